The molecule has 0 bridgehead atoms. The fourth-order valence-corrected chi connectivity index (χ4v) is 4.62. The Bertz CT molecular complexity index is 1080. The van der Waals surface area contributed by atoms with Crippen LogP contribution in [0.2, 0.25) is 5.15 Å². The van der Waals surface area contributed by atoms with Crippen molar-refractivity contribution in [3.63, 3.8) is 0 Å². The number of hydrogen-bond donors (Lipinski definition) is 1. The van der Waals surface area contributed by atoms with Crippen molar-refractivity contribution in [2.45, 2.75) is 45.1 Å². The maximum atomic E-state index is 12.9. The number of carbonyl (C=O) groups is 1. The van der Waals surface area contributed by atoms with Crippen LogP contribution in [0.15, 0.2) is 24.7 Å². The number of carbonyl (C=O) groups excluding carboxylic acids is 1. The number of aromatic nitrogens is 5. The van der Waals surface area contributed by atoms with Gasteiger partial charge in [0.2, 0.25) is 5.91 Å². The Morgan fingerprint density at radius 1 is 1.13 bits per heavy atom. The van der Waals surface area contributed by atoms with Gasteiger partial charge in [0.05, 0.1) is 11.6 Å². The van der Waals surface area contributed by atoms with Crippen LogP contribution in [0.3, 0.4) is 0 Å². The molecule has 5 rings (SSSR count). The molecule has 8 nitrogen and oxygen atoms in total. The number of imidazole rings is 1. The molecule has 0 aliphatic carbocycles. The van der Waals surface area contributed by atoms with E-state index < -0.39 is 0 Å². The van der Waals surface area contributed by atoms with Gasteiger partial charge >= 0.3 is 0 Å². The Kier molecular flexibility index (Phi) is 5.25. The molecule has 0 aromatic carbocycles. The summed E-state index contributed by atoms with van der Waals surface area (Å²) in [6, 6.07) is 3.52. The molecule has 0 unspecified atom stereocenters. The van der Waals surface area contributed by atoms with E-state index in [-0.39, 0.29) is 11.8 Å². The van der Waals surface area contributed by atoms with Gasteiger partial charge in [-0.1, -0.05) is 18.0 Å². The zero-order valence-electron chi connectivity index (χ0n) is 16.7. The van der Waals surface area contributed by atoms with Gasteiger partial charge in [0.25, 0.3) is 0 Å². The van der Waals surface area contributed by atoms with Crippen LogP contribution in [-0.2, 0) is 17.8 Å². The minimum Gasteiger partial charge on any atom is -0.354 e. The van der Waals surface area contributed by atoms with Crippen LogP contribution in [0.1, 0.15) is 37.9 Å². The van der Waals surface area contributed by atoms with Crippen molar-refractivity contribution in [1.82, 2.24) is 24.5 Å². The monoisotopic (exact) mass is 425 g/mol. The summed E-state index contributed by atoms with van der Waals surface area (Å²) in [4.78, 5) is 33.1. The van der Waals surface area contributed by atoms with E-state index in [2.05, 4.69) is 29.7 Å². The van der Waals surface area contributed by atoms with Crippen LogP contribution >= 0.6 is 11.6 Å². The van der Waals surface area contributed by atoms with Crippen LogP contribution in [0.4, 0.5) is 11.5 Å². The molecule has 2 aliphatic rings. The molecule has 156 valence electrons. The molecule has 1 atom stereocenters. The Morgan fingerprint density at radius 2 is 2.07 bits per heavy atom. The first-order chi connectivity index (χ1) is 14.7. The van der Waals surface area contributed by atoms with Gasteiger partial charge in [0.1, 0.15) is 12.2 Å². The average Bonchev–Trinajstić information content (AvgIpc) is 2.96. The number of anilines is 2. The zero-order valence-corrected chi connectivity index (χ0v) is 17.5. The quantitative estimate of drug-likeness (QED) is 0.646. The molecular weight excluding hydrogens is 402 g/mol. The maximum absolute atomic E-state index is 12.9. The summed E-state index contributed by atoms with van der Waals surface area (Å²) in [5.41, 5.74) is 2.31. The minimum atomic E-state index is -0.152. The number of amides is 1. The van der Waals surface area contributed by atoms with E-state index in [4.69, 9.17) is 16.6 Å². The van der Waals surface area contributed by atoms with Gasteiger partial charge in [-0.3, -0.25) is 4.79 Å². The van der Waals surface area contributed by atoms with E-state index >= 15 is 0 Å². The van der Waals surface area contributed by atoms with E-state index in [9.17, 15) is 4.79 Å². The summed E-state index contributed by atoms with van der Waals surface area (Å²) in [5, 5.41) is 3.22. The lowest BCUT2D eigenvalue weighted by Gasteiger charge is -2.32. The lowest BCUT2D eigenvalue weighted by Crippen LogP contribution is -2.41. The third-order valence-electron chi connectivity index (χ3n) is 5.98. The smallest absolute Gasteiger partial charge is 0.229 e. The number of rotatable bonds is 3. The lowest BCUT2D eigenvalue weighted by atomic mass is 9.97. The van der Waals surface area contributed by atoms with Gasteiger partial charge in [-0.2, -0.15) is 0 Å². The predicted molar refractivity (Wildman–Crippen MR) is 116 cm³/mol. The van der Waals surface area contributed by atoms with Crippen LogP contribution in [-0.4, -0.2) is 43.5 Å². The van der Waals surface area contributed by atoms with Crippen molar-refractivity contribution >= 4 is 40.2 Å². The number of piperidine rings is 1. The fourth-order valence-electron chi connectivity index (χ4n) is 4.45. The fraction of sp³-hybridized carbons (Fsp3) is 0.476. The maximum Gasteiger partial charge on any atom is 0.229 e. The molecule has 1 fully saturated rings. The van der Waals surface area contributed by atoms with E-state index in [1.807, 2.05) is 0 Å². The highest BCUT2D eigenvalue weighted by atomic mass is 35.5. The van der Waals surface area contributed by atoms with E-state index in [1.165, 1.54) is 6.42 Å². The normalized spacial score (nSPS) is 19.4. The van der Waals surface area contributed by atoms with Crippen LogP contribution in [0.25, 0.3) is 11.2 Å². The van der Waals surface area contributed by atoms with Gasteiger partial charge in [0.15, 0.2) is 22.1 Å². The van der Waals surface area contributed by atoms with Gasteiger partial charge in [-0.25, -0.2) is 19.9 Å². The third kappa shape index (κ3) is 3.60. The Morgan fingerprint density at radius 3 is 2.97 bits per heavy atom. The molecule has 1 amide bonds. The molecule has 0 spiro atoms. The van der Waals surface area contributed by atoms with Crippen molar-refractivity contribution in [2.24, 2.45) is 5.92 Å². The summed E-state index contributed by atoms with van der Waals surface area (Å²) in [6.07, 6.45) is 9.49. The topological polar surface area (TPSA) is 88.8 Å². The first-order valence-electron chi connectivity index (χ1n) is 10.6. The summed E-state index contributed by atoms with van der Waals surface area (Å²) >= 11 is 6.09. The van der Waals surface area contributed by atoms with Crippen LogP contribution < -0.4 is 10.2 Å². The molecular formula is C21H24ClN7O. The number of fused-ring (bicyclic) bond motifs is 3. The first kappa shape index (κ1) is 19.2. The van der Waals surface area contributed by atoms with Gasteiger partial charge < -0.3 is 14.8 Å². The number of halogens is 1. The molecule has 30 heavy (non-hydrogen) atoms. The largest absolute Gasteiger partial charge is 0.354 e. The summed E-state index contributed by atoms with van der Waals surface area (Å²) in [7, 11) is 0. The number of hydrogen-bond acceptors (Lipinski definition) is 6. The third-order valence-corrected chi connectivity index (χ3v) is 6.28. The summed E-state index contributed by atoms with van der Waals surface area (Å²) < 4.78 is 2.24. The van der Waals surface area contributed by atoms with Crippen molar-refractivity contribution in [3.05, 3.63) is 35.6 Å². The number of aryl methyl sites for hydroxylation is 2. The molecule has 3 aromatic rings. The highest BCUT2D eigenvalue weighted by Crippen LogP contribution is 2.30. The predicted octanol–water partition coefficient (Wildman–Crippen LogP) is 3.46. The standard InChI is InChI=1S/C21H24ClN7O/c22-18-15(7-4-9-23-18)26-21(30)14-6-5-10-28(12-14)19-17-20(25-13-24-19)29-11-3-1-2-8-16(29)27-17/h4,7,9,13-14H,1-3,5-6,8,10-12H2,(H,26,30)/t14-/m1/s1. The van der Waals surface area contributed by atoms with Crippen molar-refractivity contribution in [3.8, 4) is 0 Å². The van der Waals surface area contributed by atoms with Crippen LogP contribution in [0, 0.1) is 5.92 Å². The van der Waals surface area contributed by atoms with Crippen molar-refractivity contribution in [2.75, 3.05) is 23.3 Å². The van der Waals surface area contributed by atoms with Crippen molar-refractivity contribution in [1.29, 1.82) is 0 Å². The van der Waals surface area contributed by atoms with Gasteiger partial charge in [-0.15, -0.1) is 0 Å². The van der Waals surface area contributed by atoms with Crippen molar-refractivity contribution < 1.29 is 4.79 Å². The van der Waals surface area contributed by atoms with E-state index in [0.717, 1.165) is 68.0 Å². The molecule has 5 heterocycles. The number of nitrogens with one attached hydrogen (secondary N) is 1. The average molecular weight is 426 g/mol. The summed E-state index contributed by atoms with van der Waals surface area (Å²) in [5.74, 6) is 1.74. The first-order valence-corrected chi connectivity index (χ1v) is 10.9. The van der Waals surface area contributed by atoms with Gasteiger partial charge in [0, 0.05) is 32.3 Å². The zero-order chi connectivity index (χ0) is 20.5. The van der Waals surface area contributed by atoms with Gasteiger partial charge in [-0.05, 0) is 37.8 Å². The number of pyridine rings is 1. The molecule has 2 aliphatic heterocycles. The molecule has 1 saturated heterocycles. The van der Waals surface area contributed by atoms with E-state index in [0.29, 0.717) is 17.4 Å². The second-order valence-electron chi connectivity index (χ2n) is 7.98. The molecule has 3 aromatic heterocycles. The minimum absolute atomic E-state index is 0.0412. The SMILES string of the molecule is O=C(Nc1cccnc1Cl)[C@@H]1CCCN(c2ncnc3c2nc2n3CCCCC2)C1. The number of nitrogens with zero attached hydrogens (tertiary/aromatic N) is 6. The molecule has 9 heteroatoms. The molecule has 1 N–H and O–H groups in total. The second-order valence-corrected chi connectivity index (χ2v) is 8.33. The lowest BCUT2D eigenvalue weighted by molar-refractivity contribution is -0.120. The van der Waals surface area contributed by atoms with Crippen LogP contribution in [0.5, 0.6) is 0 Å². The Labute approximate surface area is 179 Å². The second kappa shape index (κ2) is 8.18. The molecule has 0 saturated carbocycles. The van der Waals surface area contributed by atoms with E-state index in [1.54, 1.807) is 24.7 Å². The Hall–Kier alpha value is -2.74. The Balaban J connectivity index is 1.39. The summed E-state index contributed by atoms with van der Waals surface area (Å²) in [6.45, 7) is 2.41. The molecule has 0 radical (unpaired) electrons. The highest BCUT2D eigenvalue weighted by Gasteiger charge is 2.29. The highest BCUT2D eigenvalue weighted by molar-refractivity contribution is 6.32.